The molecule has 486 valence electrons. The largest absolute Gasteiger partial charge is 0.343 e. The maximum absolute atomic E-state index is 15.2. The van der Waals surface area contributed by atoms with Crippen molar-refractivity contribution in [2.45, 2.75) is 224 Å². The molecule has 1 saturated heterocycles. The molecule has 1 heterocycles. The molecule has 4 N–H and O–H groups in total. The lowest BCUT2D eigenvalue weighted by Gasteiger charge is -2.41. The quantitative estimate of drug-likeness (QED) is 0.166. The number of allylic oxidation sites excluding steroid dienone is 2. The van der Waals surface area contributed by atoms with Crippen LogP contribution in [0, 0.1) is 47.3 Å². The summed E-state index contributed by atoms with van der Waals surface area (Å²) in [5.74, 6) is -8.85. The summed E-state index contributed by atoms with van der Waals surface area (Å²) in [5, 5.41) is 11.2. The van der Waals surface area contributed by atoms with E-state index < -0.39 is 150 Å². The van der Waals surface area contributed by atoms with Gasteiger partial charge in [0.1, 0.15) is 60.4 Å². The van der Waals surface area contributed by atoms with Gasteiger partial charge in [-0.1, -0.05) is 116 Å². The molecule has 85 heavy (non-hydrogen) atoms. The Kier molecular flexibility index (Phi) is 31.6. The van der Waals surface area contributed by atoms with E-state index in [0.29, 0.717) is 6.42 Å². The molecule has 0 aromatic heterocycles. The van der Waals surface area contributed by atoms with Gasteiger partial charge in [0.2, 0.25) is 65.0 Å². The molecule has 11 atom stereocenters. The molecule has 0 unspecified atom stereocenters. The van der Waals surface area contributed by atoms with Gasteiger partial charge in [0.05, 0.1) is 6.54 Å². The summed E-state index contributed by atoms with van der Waals surface area (Å²) < 4.78 is 0. The van der Waals surface area contributed by atoms with Gasteiger partial charge in [0.15, 0.2) is 0 Å². The summed E-state index contributed by atoms with van der Waals surface area (Å²) in [6.45, 7) is 31.9. The molecule has 0 aliphatic carbocycles. The van der Waals surface area contributed by atoms with Gasteiger partial charge < -0.3 is 55.6 Å². The van der Waals surface area contributed by atoms with Crippen LogP contribution < -0.4 is 21.3 Å². The number of nitrogens with zero attached hydrogens (tertiary/aromatic N) is 7. The summed E-state index contributed by atoms with van der Waals surface area (Å²) in [6.07, 6.45) is 5.31. The standard InChI is InChI=1S/C63H113N11O11/c1-26-27-28-42(16)33-47-57(79)66-51(39(10)11)61(83)68(19)34-50(75)69(20)45(29-35(2)3)56(78)67-52(40(12)13)62(84)70(21)46(30-36(4)5)55(77)64-43(17)54(76)65-44(18)58(80)72(23)48(31-37(6)7)59(81)73(24)49(32-38(8)9)60(82)74(25)53(41(14)15)63(85)71(47)22/h26-27,35-49,51-53H,28-34H2,1-25H3,(H,64,77)(H,65,76)(H,66,79)(H,67,78)/b27-26+/t42-,43+,44-,45+,46-,47+,48-,49+,51+,52+,53-/m1/s1. The Morgan fingerprint density at radius 2 is 0.741 bits per heavy atom. The van der Waals surface area contributed by atoms with Gasteiger partial charge in [-0.25, -0.2) is 0 Å². The van der Waals surface area contributed by atoms with Gasteiger partial charge >= 0.3 is 0 Å². The van der Waals surface area contributed by atoms with Crippen molar-refractivity contribution in [2.75, 3.05) is 55.9 Å². The highest BCUT2D eigenvalue weighted by Crippen LogP contribution is 2.25. The molecule has 0 saturated carbocycles. The average molecular weight is 1200 g/mol. The zero-order valence-corrected chi connectivity index (χ0v) is 56.6. The lowest BCUT2D eigenvalue weighted by Crippen LogP contribution is -2.62. The van der Waals surface area contributed by atoms with Gasteiger partial charge in [-0.15, -0.1) is 0 Å². The first-order valence-corrected chi connectivity index (χ1v) is 30.8. The monoisotopic (exact) mass is 1200 g/mol. The van der Waals surface area contributed by atoms with Crippen molar-refractivity contribution in [2.24, 2.45) is 47.3 Å². The van der Waals surface area contributed by atoms with E-state index in [2.05, 4.69) is 21.3 Å². The predicted molar refractivity (Wildman–Crippen MR) is 332 cm³/mol. The summed E-state index contributed by atoms with van der Waals surface area (Å²) in [5.41, 5.74) is 0. The van der Waals surface area contributed by atoms with Crippen LogP contribution in [-0.4, -0.2) is 216 Å². The van der Waals surface area contributed by atoms with Crippen molar-refractivity contribution in [1.29, 1.82) is 0 Å². The van der Waals surface area contributed by atoms with Crippen molar-refractivity contribution in [1.82, 2.24) is 55.6 Å². The Morgan fingerprint density at radius 3 is 1.16 bits per heavy atom. The van der Waals surface area contributed by atoms with Gasteiger partial charge in [-0.2, -0.15) is 0 Å². The Bertz CT molecular complexity index is 2320. The Morgan fingerprint density at radius 1 is 0.388 bits per heavy atom. The van der Waals surface area contributed by atoms with Crippen molar-refractivity contribution >= 4 is 65.0 Å². The first-order valence-electron chi connectivity index (χ1n) is 30.8. The van der Waals surface area contributed by atoms with Crippen LogP contribution >= 0.6 is 0 Å². The highest BCUT2D eigenvalue weighted by atomic mass is 16.2. The molecule has 11 amide bonds. The zero-order valence-electron chi connectivity index (χ0n) is 56.6. The minimum absolute atomic E-state index is 0.117. The van der Waals surface area contributed by atoms with E-state index in [1.54, 1.807) is 41.5 Å². The molecule has 22 heteroatoms. The molecule has 1 fully saturated rings. The molecular formula is C63H113N11O11. The zero-order chi connectivity index (χ0) is 66.0. The summed E-state index contributed by atoms with van der Waals surface area (Å²) in [4.78, 5) is 170. The van der Waals surface area contributed by atoms with Crippen molar-refractivity contribution in [3.05, 3.63) is 12.2 Å². The summed E-state index contributed by atoms with van der Waals surface area (Å²) in [6, 6.07) is -11.5. The van der Waals surface area contributed by atoms with E-state index in [1.165, 1.54) is 97.5 Å². The van der Waals surface area contributed by atoms with E-state index in [4.69, 9.17) is 0 Å². The van der Waals surface area contributed by atoms with Crippen LogP contribution in [-0.2, 0) is 52.7 Å². The molecule has 1 aliphatic rings. The van der Waals surface area contributed by atoms with E-state index in [0.717, 1.165) is 0 Å². The van der Waals surface area contributed by atoms with E-state index in [1.807, 2.05) is 81.4 Å². The molecule has 22 nitrogen and oxygen atoms in total. The number of nitrogens with one attached hydrogen (secondary N) is 4. The lowest BCUT2D eigenvalue weighted by molar-refractivity contribution is -0.156. The smallest absolute Gasteiger partial charge is 0.246 e. The lowest BCUT2D eigenvalue weighted by atomic mass is 9.93. The second-order valence-electron chi connectivity index (χ2n) is 26.8. The number of hydrogen-bond donors (Lipinski definition) is 4. The molecule has 0 spiro atoms. The number of carbonyl (C=O) groups is 11. The maximum atomic E-state index is 15.2. The third-order valence-electron chi connectivity index (χ3n) is 16.1. The van der Waals surface area contributed by atoms with Crippen LogP contribution in [0.2, 0.25) is 0 Å². The van der Waals surface area contributed by atoms with Crippen molar-refractivity contribution in [3.8, 4) is 0 Å². The third-order valence-corrected chi connectivity index (χ3v) is 16.1. The first kappa shape index (κ1) is 76.9. The fourth-order valence-corrected chi connectivity index (χ4v) is 10.8. The first-order chi connectivity index (χ1) is 39.2. The maximum Gasteiger partial charge on any atom is 0.246 e. The highest BCUT2D eigenvalue weighted by molar-refractivity contribution is 5.99. The Hall–Kier alpha value is -6.09. The minimum Gasteiger partial charge on any atom is -0.343 e. The van der Waals surface area contributed by atoms with Crippen LogP contribution in [0.3, 0.4) is 0 Å². The van der Waals surface area contributed by atoms with Gasteiger partial charge in [0.25, 0.3) is 0 Å². The molecule has 0 radical (unpaired) electrons. The van der Waals surface area contributed by atoms with Crippen LogP contribution in [0.1, 0.15) is 163 Å². The van der Waals surface area contributed by atoms with E-state index in [-0.39, 0.29) is 61.7 Å². The average Bonchev–Trinajstić information content (AvgIpc) is 3.59. The van der Waals surface area contributed by atoms with E-state index in [9.17, 15) is 43.2 Å². The van der Waals surface area contributed by atoms with Gasteiger partial charge in [-0.05, 0) is 107 Å². The topological polar surface area (TPSA) is 259 Å². The van der Waals surface area contributed by atoms with Crippen LogP contribution in [0.5, 0.6) is 0 Å². The SMILES string of the molecule is C/C=C/C[C@@H](C)C[C@H]1C(=O)N[C@@H](C(C)C)C(=O)N(C)CC(=O)N(C)[C@@H](CC(C)C)C(=O)N[C@@H](C(C)C)C(=O)N(C)[C@H](CC(C)C)C(=O)N[C@@H](C)C(=O)N[C@H](C)C(=O)N(C)[C@H](CC(C)C)C(=O)N(C)[C@@H](CC(C)C)C(=O)N(C)[C@H](C(C)C)C(=O)N1C. The normalized spacial score (nSPS) is 26.6. The Balaban J connectivity index is 4.32. The second kappa shape index (κ2) is 34.9. The molecule has 0 bridgehead atoms. The van der Waals surface area contributed by atoms with Gasteiger partial charge in [0, 0.05) is 49.3 Å². The number of rotatable bonds is 15. The molecule has 1 aliphatic heterocycles. The molecule has 1 rings (SSSR count). The predicted octanol–water partition coefficient (Wildman–Crippen LogP) is 4.54. The number of hydrogen-bond acceptors (Lipinski definition) is 11. The van der Waals surface area contributed by atoms with Crippen molar-refractivity contribution < 1.29 is 52.7 Å². The Labute approximate surface area is 510 Å². The fourth-order valence-electron chi connectivity index (χ4n) is 10.8. The van der Waals surface area contributed by atoms with Gasteiger partial charge in [-0.3, -0.25) is 52.7 Å². The van der Waals surface area contributed by atoms with E-state index >= 15 is 9.59 Å². The second-order valence-corrected chi connectivity index (χ2v) is 26.8. The third kappa shape index (κ3) is 22.3. The number of likely N-dealkylation sites (N-methyl/N-ethyl adjacent to an activating group) is 7. The number of carbonyl (C=O) groups excluding carboxylic acids is 11. The fraction of sp³-hybridized carbons (Fsp3) is 0.794. The highest BCUT2D eigenvalue weighted by Gasteiger charge is 2.44. The van der Waals surface area contributed by atoms with Crippen LogP contribution in [0.25, 0.3) is 0 Å². The summed E-state index contributed by atoms with van der Waals surface area (Å²) in [7, 11) is 10.3. The minimum atomic E-state index is -1.21. The molecule has 0 aromatic carbocycles. The van der Waals surface area contributed by atoms with Crippen LogP contribution in [0.4, 0.5) is 0 Å². The van der Waals surface area contributed by atoms with Crippen LogP contribution in [0.15, 0.2) is 12.2 Å². The molecule has 0 aromatic rings. The summed E-state index contributed by atoms with van der Waals surface area (Å²) >= 11 is 0. The molecular weight excluding hydrogens is 1090 g/mol. The van der Waals surface area contributed by atoms with Crippen molar-refractivity contribution in [3.63, 3.8) is 0 Å². The number of amides is 11.